The molecule has 0 aliphatic heterocycles. The maximum Gasteiger partial charge on any atom is 0.159 e. The lowest BCUT2D eigenvalue weighted by Gasteiger charge is -2.14. The summed E-state index contributed by atoms with van der Waals surface area (Å²) < 4.78 is 1.66. The van der Waals surface area contributed by atoms with Gasteiger partial charge >= 0.3 is 0 Å². The maximum atomic E-state index is 6.23. The van der Waals surface area contributed by atoms with Crippen molar-refractivity contribution in [3.8, 4) is 5.82 Å². The van der Waals surface area contributed by atoms with E-state index in [0.717, 1.165) is 11.4 Å². The van der Waals surface area contributed by atoms with Gasteiger partial charge in [-0.2, -0.15) is 5.10 Å². The second kappa shape index (κ2) is 4.35. The lowest BCUT2D eigenvalue weighted by Crippen LogP contribution is -2.13. The van der Waals surface area contributed by atoms with E-state index in [2.05, 4.69) is 35.8 Å². The molecule has 2 aromatic heterocycles. The summed E-state index contributed by atoms with van der Waals surface area (Å²) in [6.45, 7) is 10.1. The smallest absolute Gasteiger partial charge is 0.159 e. The van der Waals surface area contributed by atoms with Crippen LogP contribution >= 0.6 is 11.6 Å². The van der Waals surface area contributed by atoms with E-state index in [9.17, 15) is 0 Å². The molecular formula is C13H17ClN4. The summed E-state index contributed by atoms with van der Waals surface area (Å²) in [5.74, 6) is 1.43. The minimum absolute atomic E-state index is 0.0357. The third kappa shape index (κ3) is 2.53. The predicted molar refractivity (Wildman–Crippen MR) is 72.3 cm³/mol. The van der Waals surface area contributed by atoms with Gasteiger partial charge in [-0.1, -0.05) is 32.4 Å². The topological polar surface area (TPSA) is 43.6 Å². The molecule has 0 aliphatic rings. The van der Waals surface area contributed by atoms with Crippen LogP contribution in [0.25, 0.3) is 5.82 Å². The third-order valence-corrected chi connectivity index (χ3v) is 2.87. The second-order valence-corrected chi connectivity index (χ2v) is 5.82. The van der Waals surface area contributed by atoms with Crippen molar-refractivity contribution in [2.75, 3.05) is 0 Å². The molecule has 0 N–H and O–H groups in total. The number of hydrogen-bond donors (Lipinski definition) is 0. The fraction of sp³-hybridized carbons (Fsp3) is 0.462. The zero-order chi connectivity index (χ0) is 13.5. The monoisotopic (exact) mass is 264 g/mol. The molecule has 0 amide bonds. The molecule has 0 radical (unpaired) electrons. The van der Waals surface area contributed by atoms with Crippen LogP contribution in [0.1, 0.15) is 38.0 Å². The van der Waals surface area contributed by atoms with Crippen LogP contribution in [-0.2, 0) is 5.41 Å². The van der Waals surface area contributed by atoms with Crippen LogP contribution in [0, 0.1) is 13.8 Å². The molecule has 0 bridgehead atoms. The highest BCUT2D eigenvalue weighted by atomic mass is 35.5. The Kier molecular flexibility index (Phi) is 3.15. The van der Waals surface area contributed by atoms with Crippen molar-refractivity contribution in [2.24, 2.45) is 0 Å². The van der Waals surface area contributed by atoms with E-state index in [1.165, 1.54) is 0 Å². The van der Waals surface area contributed by atoms with Crippen molar-refractivity contribution in [1.29, 1.82) is 0 Å². The van der Waals surface area contributed by atoms with E-state index in [4.69, 9.17) is 11.6 Å². The first-order valence-electron chi connectivity index (χ1n) is 5.86. The van der Waals surface area contributed by atoms with E-state index in [1.54, 1.807) is 4.68 Å². The summed E-state index contributed by atoms with van der Waals surface area (Å²) in [4.78, 5) is 8.62. The SMILES string of the molecule is Cc1cc(-n2nc(C(C)(C)C)cc2Cl)nc(C)n1. The van der Waals surface area contributed by atoms with E-state index in [0.29, 0.717) is 16.8 Å². The maximum absolute atomic E-state index is 6.23. The second-order valence-electron chi connectivity index (χ2n) is 5.43. The Labute approximate surface area is 112 Å². The Morgan fingerprint density at radius 2 is 1.78 bits per heavy atom. The van der Waals surface area contributed by atoms with Crippen LogP contribution in [0.4, 0.5) is 0 Å². The van der Waals surface area contributed by atoms with Gasteiger partial charge in [0.05, 0.1) is 5.69 Å². The van der Waals surface area contributed by atoms with Crippen LogP contribution in [0.5, 0.6) is 0 Å². The summed E-state index contributed by atoms with van der Waals surface area (Å²) in [7, 11) is 0. The van der Waals surface area contributed by atoms with Crippen molar-refractivity contribution in [3.63, 3.8) is 0 Å². The van der Waals surface area contributed by atoms with Gasteiger partial charge in [0.1, 0.15) is 11.0 Å². The number of aryl methyl sites for hydroxylation is 2. The highest BCUT2D eigenvalue weighted by Crippen LogP contribution is 2.25. The Bertz CT molecular complexity index is 561. The highest BCUT2D eigenvalue weighted by molar-refractivity contribution is 6.29. The molecule has 2 rings (SSSR count). The molecule has 0 spiro atoms. The largest absolute Gasteiger partial charge is 0.238 e. The number of nitrogens with zero attached hydrogens (tertiary/aromatic N) is 4. The van der Waals surface area contributed by atoms with Crippen LogP contribution in [-0.4, -0.2) is 19.7 Å². The molecule has 96 valence electrons. The van der Waals surface area contributed by atoms with Crippen molar-refractivity contribution in [2.45, 2.75) is 40.0 Å². The minimum atomic E-state index is -0.0357. The van der Waals surface area contributed by atoms with Crippen molar-refractivity contribution in [1.82, 2.24) is 19.7 Å². The van der Waals surface area contributed by atoms with E-state index < -0.39 is 0 Å². The summed E-state index contributed by atoms with van der Waals surface area (Å²) in [5, 5.41) is 5.10. The minimum Gasteiger partial charge on any atom is -0.238 e. The van der Waals surface area contributed by atoms with Crippen LogP contribution in [0.2, 0.25) is 5.15 Å². The van der Waals surface area contributed by atoms with Gasteiger partial charge in [-0.05, 0) is 19.9 Å². The van der Waals surface area contributed by atoms with Gasteiger partial charge in [0.25, 0.3) is 0 Å². The van der Waals surface area contributed by atoms with E-state index in [1.807, 2.05) is 26.0 Å². The molecule has 0 saturated carbocycles. The Morgan fingerprint density at radius 3 is 2.28 bits per heavy atom. The molecule has 4 nitrogen and oxygen atoms in total. The predicted octanol–water partition coefficient (Wildman–Crippen LogP) is 3.23. The Morgan fingerprint density at radius 1 is 1.11 bits per heavy atom. The molecule has 0 fully saturated rings. The van der Waals surface area contributed by atoms with Crippen molar-refractivity contribution >= 4 is 11.6 Å². The molecular weight excluding hydrogens is 248 g/mol. The van der Waals surface area contributed by atoms with E-state index in [-0.39, 0.29) is 5.41 Å². The molecule has 2 aromatic rings. The third-order valence-electron chi connectivity index (χ3n) is 2.60. The van der Waals surface area contributed by atoms with Gasteiger partial charge in [0.15, 0.2) is 5.82 Å². The first-order valence-corrected chi connectivity index (χ1v) is 6.24. The van der Waals surface area contributed by atoms with E-state index >= 15 is 0 Å². The summed E-state index contributed by atoms with van der Waals surface area (Å²) in [6.07, 6.45) is 0. The lowest BCUT2D eigenvalue weighted by atomic mass is 9.93. The van der Waals surface area contributed by atoms with Crippen LogP contribution < -0.4 is 0 Å². The fourth-order valence-electron chi connectivity index (χ4n) is 1.69. The normalized spacial score (nSPS) is 11.9. The van der Waals surface area contributed by atoms with Crippen molar-refractivity contribution in [3.05, 3.63) is 34.5 Å². The molecule has 2 heterocycles. The average Bonchev–Trinajstić information content (AvgIpc) is 2.58. The van der Waals surface area contributed by atoms with Crippen LogP contribution in [0.15, 0.2) is 12.1 Å². The zero-order valence-corrected chi connectivity index (χ0v) is 12.1. The standard InChI is InChI=1S/C13H17ClN4/c1-8-6-12(16-9(2)15-8)18-11(14)7-10(17-18)13(3,4)5/h6-7H,1-5H3. The van der Waals surface area contributed by atoms with Gasteiger partial charge in [-0.3, -0.25) is 0 Å². The molecule has 0 aliphatic carbocycles. The molecule has 18 heavy (non-hydrogen) atoms. The number of hydrogen-bond acceptors (Lipinski definition) is 3. The van der Waals surface area contributed by atoms with Crippen LogP contribution in [0.3, 0.4) is 0 Å². The number of halogens is 1. The number of aromatic nitrogens is 4. The highest BCUT2D eigenvalue weighted by Gasteiger charge is 2.20. The molecule has 5 heteroatoms. The van der Waals surface area contributed by atoms with Crippen molar-refractivity contribution < 1.29 is 0 Å². The summed E-state index contributed by atoms with van der Waals surface area (Å²) >= 11 is 6.23. The molecule has 0 saturated heterocycles. The van der Waals surface area contributed by atoms with Gasteiger partial charge in [0.2, 0.25) is 0 Å². The average molecular weight is 265 g/mol. The van der Waals surface area contributed by atoms with Gasteiger partial charge < -0.3 is 0 Å². The number of rotatable bonds is 1. The Balaban J connectivity index is 2.54. The quantitative estimate of drug-likeness (QED) is 0.794. The zero-order valence-electron chi connectivity index (χ0n) is 11.3. The Hall–Kier alpha value is -1.42. The first-order chi connectivity index (χ1) is 8.27. The fourth-order valence-corrected chi connectivity index (χ4v) is 1.92. The molecule has 0 aromatic carbocycles. The molecule has 0 unspecified atom stereocenters. The van der Waals surface area contributed by atoms with Gasteiger partial charge in [0, 0.05) is 17.2 Å². The summed E-state index contributed by atoms with van der Waals surface area (Å²) in [6, 6.07) is 3.76. The molecule has 0 atom stereocenters. The first kappa shape index (κ1) is 13.0. The summed E-state index contributed by atoms with van der Waals surface area (Å²) in [5.41, 5.74) is 1.81. The lowest BCUT2D eigenvalue weighted by molar-refractivity contribution is 0.559. The van der Waals surface area contributed by atoms with Gasteiger partial charge in [-0.25, -0.2) is 14.6 Å². The van der Waals surface area contributed by atoms with Gasteiger partial charge in [-0.15, -0.1) is 0 Å².